The van der Waals surface area contributed by atoms with Gasteiger partial charge in [0.15, 0.2) is 0 Å². The second-order valence-electron chi connectivity index (χ2n) is 5.82. The molecule has 6 heteroatoms. The lowest BCUT2D eigenvalue weighted by Crippen LogP contribution is -2.47. The van der Waals surface area contributed by atoms with Gasteiger partial charge in [-0.1, -0.05) is 12.1 Å². The van der Waals surface area contributed by atoms with E-state index in [0.29, 0.717) is 0 Å². The van der Waals surface area contributed by atoms with Crippen LogP contribution in [-0.4, -0.2) is 36.1 Å². The van der Waals surface area contributed by atoms with Gasteiger partial charge in [-0.3, -0.25) is 10.1 Å². The van der Waals surface area contributed by atoms with Gasteiger partial charge in [-0.2, -0.15) is 0 Å². The molecule has 0 atom stereocenters. The van der Waals surface area contributed by atoms with Gasteiger partial charge in [0.1, 0.15) is 12.0 Å². The van der Waals surface area contributed by atoms with Gasteiger partial charge in [-0.05, 0) is 37.1 Å². The second kappa shape index (κ2) is 6.24. The van der Waals surface area contributed by atoms with Crippen molar-refractivity contribution in [2.75, 3.05) is 36.0 Å². The molecule has 0 amide bonds. The Morgan fingerprint density at radius 1 is 1.04 bits per heavy atom. The Labute approximate surface area is 135 Å². The molecule has 0 spiro atoms. The number of nitrogens with zero attached hydrogens (tertiary/aromatic N) is 4. The maximum atomic E-state index is 10.7. The summed E-state index contributed by atoms with van der Waals surface area (Å²) in [5.74, 6) is 0.802. The highest BCUT2D eigenvalue weighted by Gasteiger charge is 2.20. The molecule has 23 heavy (non-hydrogen) atoms. The van der Waals surface area contributed by atoms with Crippen LogP contribution in [0.25, 0.3) is 0 Å². The third-order valence-corrected chi connectivity index (χ3v) is 4.46. The van der Waals surface area contributed by atoms with Crippen molar-refractivity contribution >= 4 is 17.2 Å². The van der Waals surface area contributed by atoms with E-state index < -0.39 is 4.92 Å². The summed E-state index contributed by atoms with van der Waals surface area (Å²) >= 11 is 0. The first-order valence-corrected chi connectivity index (χ1v) is 7.73. The largest absolute Gasteiger partial charge is 0.368 e. The number of hydrogen-bond acceptors (Lipinski definition) is 5. The highest BCUT2D eigenvalue weighted by molar-refractivity contribution is 5.57. The molecule has 0 aliphatic carbocycles. The molecule has 1 aromatic heterocycles. The fourth-order valence-electron chi connectivity index (χ4n) is 2.93. The number of rotatable bonds is 3. The van der Waals surface area contributed by atoms with E-state index in [4.69, 9.17) is 0 Å². The zero-order chi connectivity index (χ0) is 16.4. The van der Waals surface area contributed by atoms with Crippen LogP contribution >= 0.6 is 0 Å². The topological polar surface area (TPSA) is 62.5 Å². The van der Waals surface area contributed by atoms with Gasteiger partial charge in [-0.15, -0.1) is 0 Å². The van der Waals surface area contributed by atoms with Crippen LogP contribution in [0.15, 0.2) is 36.5 Å². The van der Waals surface area contributed by atoms with E-state index in [1.165, 1.54) is 29.1 Å². The highest BCUT2D eigenvalue weighted by atomic mass is 16.6. The standard InChI is InChI=1S/C17H20N4O2/c1-13-4-3-5-16(14(13)2)19-8-10-20(11-9-19)17-7-6-15(12-18-17)21(22)23/h3-7,12H,8-11H2,1-2H3. The molecular formula is C17H20N4O2. The summed E-state index contributed by atoms with van der Waals surface area (Å²) in [7, 11) is 0. The van der Waals surface area contributed by atoms with E-state index in [1.54, 1.807) is 6.07 Å². The average Bonchev–Trinajstić information content (AvgIpc) is 2.58. The molecule has 0 saturated carbocycles. The predicted molar refractivity (Wildman–Crippen MR) is 91.2 cm³/mol. The molecule has 0 radical (unpaired) electrons. The number of hydrogen-bond donors (Lipinski definition) is 0. The Kier molecular flexibility index (Phi) is 4.14. The van der Waals surface area contributed by atoms with Gasteiger partial charge in [-0.25, -0.2) is 4.98 Å². The minimum absolute atomic E-state index is 0.0303. The van der Waals surface area contributed by atoms with Gasteiger partial charge in [0, 0.05) is 37.9 Å². The van der Waals surface area contributed by atoms with Crippen LogP contribution < -0.4 is 9.80 Å². The number of anilines is 2. The molecule has 1 saturated heterocycles. The summed E-state index contributed by atoms with van der Waals surface area (Å²) in [5, 5.41) is 10.7. The van der Waals surface area contributed by atoms with Gasteiger partial charge in [0.05, 0.1) is 4.92 Å². The third-order valence-electron chi connectivity index (χ3n) is 4.46. The molecule has 2 aromatic rings. The molecule has 1 aliphatic rings. The monoisotopic (exact) mass is 312 g/mol. The van der Waals surface area contributed by atoms with Gasteiger partial charge < -0.3 is 9.80 Å². The fraction of sp³-hybridized carbons (Fsp3) is 0.353. The molecule has 1 fully saturated rings. The minimum atomic E-state index is -0.421. The number of piperazine rings is 1. The molecule has 0 bridgehead atoms. The SMILES string of the molecule is Cc1cccc(N2CCN(c3ccc([N+](=O)[O-])cn3)CC2)c1C. The lowest BCUT2D eigenvalue weighted by atomic mass is 10.1. The van der Waals surface area contributed by atoms with Crippen molar-refractivity contribution in [1.82, 2.24) is 4.98 Å². The van der Waals surface area contributed by atoms with Crippen molar-refractivity contribution in [3.05, 3.63) is 57.8 Å². The van der Waals surface area contributed by atoms with Crippen molar-refractivity contribution in [1.29, 1.82) is 0 Å². The predicted octanol–water partition coefficient (Wildman–Crippen LogP) is 2.93. The Hall–Kier alpha value is -2.63. The lowest BCUT2D eigenvalue weighted by molar-refractivity contribution is -0.385. The van der Waals surface area contributed by atoms with E-state index in [9.17, 15) is 10.1 Å². The molecule has 1 aliphatic heterocycles. The van der Waals surface area contributed by atoms with Crippen LogP contribution in [0.3, 0.4) is 0 Å². The van der Waals surface area contributed by atoms with Crippen LogP contribution in [0.4, 0.5) is 17.2 Å². The Bertz CT molecular complexity index is 707. The first-order chi connectivity index (χ1) is 11.1. The summed E-state index contributed by atoms with van der Waals surface area (Å²) in [6.07, 6.45) is 1.33. The summed E-state index contributed by atoms with van der Waals surface area (Å²) in [5.41, 5.74) is 3.96. The van der Waals surface area contributed by atoms with E-state index in [-0.39, 0.29) is 5.69 Å². The smallest absolute Gasteiger partial charge is 0.287 e. The Morgan fingerprint density at radius 3 is 2.35 bits per heavy atom. The van der Waals surface area contributed by atoms with Crippen molar-refractivity contribution in [3.8, 4) is 0 Å². The Balaban J connectivity index is 1.68. The summed E-state index contributed by atoms with van der Waals surface area (Å²) in [6.45, 7) is 7.85. The molecule has 6 nitrogen and oxygen atoms in total. The number of nitro groups is 1. The summed E-state index contributed by atoms with van der Waals surface area (Å²) in [6, 6.07) is 9.64. The normalized spacial score (nSPS) is 14.9. The van der Waals surface area contributed by atoms with Crippen LogP contribution in [0.1, 0.15) is 11.1 Å². The summed E-state index contributed by atoms with van der Waals surface area (Å²) in [4.78, 5) is 19.1. The zero-order valence-electron chi connectivity index (χ0n) is 13.4. The molecule has 2 heterocycles. The quantitative estimate of drug-likeness (QED) is 0.644. The molecule has 3 rings (SSSR count). The second-order valence-corrected chi connectivity index (χ2v) is 5.82. The van der Waals surface area contributed by atoms with Crippen molar-refractivity contribution < 1.29 is 4.92 Å². The van der Waals surface area contributed by atoms with Crippen LogP contribution in [0.2, 0.25) is 0 Å². The molecule has 1 aromatic carbocycles. The van der Waals surface area contributed by atoms with E-state index in [0.717, 1.165) is 32.0 Å². The van der Waals surface area contributed by atoms with Crippen LogP contribution in [-0.2, 0) is 0 Å². The maximum absolute atomic E-state index is 10.7. The van der Waals surface area contributed by atoms with Crippen molar-refractivity contribution in [2.24, 2.45) is 0 Å². The molecule has 0 N–H and O–H groups in total. The molecule has 120 valence electrons. The third kappa shape index (κ3) is 3.11. The van der Waals surface area contributed by atoms with Crippen LogP contribution in [0.5, 0.6) is 0 Å². The van der Waals surface area contributed by atoms with E-state index in [2.05, 4.69) is 46.8 Å². The highest BCUT2D eigenvalue weighted by Crippen LogP contribution is 2.25. The minimum Gasteiger partial charge on any atom is -0.368 e. The average molecular weight is 312 g/mol. The van der Waals surface area contributed by atoms with Gasteiger partial charge >= 0.3 is 0 Å². The zero-order valence-corrected chi connectivity index (χ0v) is 13.4. The van der Waals surface area contributed by atoms with E-state index in [1.807, 2.05) is 0 Å². The first kappa shape index (κ1) is 15.3. The maximum Gasteiger partial charge on any atom is 0.287 e. The molecular weight excluding hydrogens is 292 g/mol. The lowest BCUT2D eigenvalue weighted by Gasteiger charge is -2.37. The Morgan fingerprint density at radius 2 is 1.74 bits per heavy atom. The van der Waals surface area contributed by atoms with E-state index >= 15 is 0 Å². The number of benzene rings is 1. The number of aromatic nitrogens is 1. The first-order valence-electron chi connectivity index (χ1n) is 7.73. The van der Waals surface area contributed by atoms with Gasteiger partial charge in [0.25, 0.3) is 5.69 Å². The number of aryl methyl sites for hydroxylation is 1. The van der Waals surface area contributed by atoms with Crippen molar-refractivity contribution in [2.45, 2.75) is 13.8 Å². The number of pyridine rings is 1. The van der Waals surface area contributed by atoms with Crippen molar-refractivity contribution in [3.63, 3.8) is 0 Å². The van der Waals surface area contributed by atoms with Gasteiger partial charge in [0.2, 0.25) is 0 Å². The fourth-order valence-corrected chi connectivity index (χ4v) is 2.93. The summed E-state index contributed by atoms with van der Waals surface area (Å²) < 4.78 is 0. The van der Waals surface area contributed by atoms with Crippen LogP contribution in [0, 0.1) is 24.0 Å². The molecule has 0 unspecified atom stereocenters.